The molecule has 0 aliphatic carbocycles. The molecule has 1 fully saturated rings. The Morgan fingerprint density at radius 1 is 0.875 bits per heavy atom. The van der Waals surface area contributed by atoms with Gasteiger partial charge in [-0.2, -0.15) is 0 Å². The summed E-state index contributed by atoms with van der Waals surface area (Å²) in [5.74, 6) is 0. The molecule has 1 saturated heterocycles. The van der Waals surface area contributed by atoms with E-state index in [1.54, 1.807) is 0 Å². The normalized spacial score (nSPS) is 17.6. The molecule has 1 aliphatic rings. The van der Waals surface area contributed by atoms with Gasteiger partial charge in [0.25, 0.3) is 0 Å². The third-order valence-electron chi connectivity index (χ3n) is 5.04. The zero-order chi connectivity index (χ0) is 18.1. The molecule has 0 unspecified atom stereocenters. The second-order valence-electron chi connectivity index (χ2n) is 8.16. The van der Waals surface area contributed by atoms with E-state index in [1.165, 1.54) is 58.4 Å². The summed E-state index contributed by atoms with van der Waals surface area (Å²) in [6.45, 7) is 21.7. The van der Waals surface area contributed by atoms with Crippen molar-refractivity contribution in [3.8, 4) is 0 Å². The maximum Gasteiger partial charge on any atom is 0.334 e. The standard InChI is InChI=1S/C18H42N2O2Si2/c1-7-21-24(6,22-8-2)18-12-15-20(23(3,4)5)17-16-19-13-10-9-11-14-19/h7-18H2,1-6H3. The largest absolute Gasteiger partial charge is 0.395 e. The van der Waals surface area contributed by atoms with Crippen molar-refractivity contribution in [2.75, 3.05) is 45.9 Å². The molecule has 24 heavy (non-hydrogen) atoms. The van der Waals surface area contributed by atoms with Gasteiger partial charge in [-0.15, -0.1) is 0 Å². The molecule has 1 heterocycles. The van der Waals surface area contributed by atoms with E-state index in [0.29, 0.717) is 0 Å². The van der Waals surface area contributed by atoms with Crippen molar-refractivity contribution in [2.45, 2.75) is 71.8 Å². The predicted octanol–water partition coefficient (Wildman–Crippen LogP) is 4.14. The van der Waals surface area contributed by atoms with Gasteiger partial charge in [-0.1, -0.05) is 26.1 Å². The third kappa shape index (κ3) is 8.58. The van der Waals surface area contributed by atoms with Crippen molar-refractivity contribution >= 4 is 16.8 Å². The van der Waals surface area contributed by atoms with Gasteiger partial charge < -0.3 is 18.3 Å². The summed E-state index contributed by atoms with van der Waals surface area (Å²) in [6, 6.07) is 1.11. The van der Waals surface area contributed by atoms with Crippen molar-refractivity contribution in [2.24, 2.45) is 0 Å². The van der Waals surface area contributed by atoms with Gasteiger partial charge in [-0.25, -0.2) is 0 Å². The lowest BCUT2D eigenvalue weighted by Gasteiger charge is -2.37. The summed E-state index contributed by atoms with van der Waals surface area (Å²) in [4.78, 5) is 2.66. The lowest BCUT2D eigenvalue weighted by Crippen LogP contribution is -2.50. The topological polar surface area (TPSA) is 24.9 Å². The quantitative estimate of drug-likeness (QED) is 0.479. The molecule has 0 atom stereocenters. The first-order valence-corrected chi connectivity index (χ1v) is 16.0. The van der Waals surface area contributed by atoms with Crippen LogP contribution in [0, 0.1) is 0 Å². The molecule has 0 aromatic heterocycles. The number of likely N-dealkylation sites (tertiary alicyclic amines) is 1. The van der Waals surface area contributed by atoms with Crippen LogP contribution in [0.25, 0.3) is 0 Å². The van der Waals surface area contributed by atoms with Crippen molar-refractivity contribution in [3.63, 3.8) is 0 Å². The van der Waals surface area contributed by atoms with Crippen molar-refractivity contribution < 1.29 is 8.85 Å². The summed E-state index contributed by atoms with van der Waals surface area (Å²) in [7, 11) is -3.22. The first kappa shape index (κ1) is 22.3. The average Bonchev–Trinajstić information content (AvgIpc) is 2.51. The van der Waals surface area contributed by atoms with Crippen molar-refractivity contribution in [3.05, 3.63) is 0 Å². The molecular formula is C18H42N2O2Si2. The Morgan fingerprint density at radius 3 is 1.96 bits per heavy atom. The van der Waals surface area contributed by atoms with Crippen LogP contribution in [0.5, 0.6) is 0 Å². The van der Waals surface area contributed by atoms with E-state index in [2.05, 4.69) is 49.5 Å². The SMILES string of the molecule is CCO[Si](C)(CCCN(CCN1CCCCC1)[Si](C)(C)C)OCC. The van der Waals surface area contributed by atoms with Crippen LogP contribution in [-0.4, -0.2) is 72.2 Å². The fourth-order valence-corrected chi connectivity index (χ4v) is 7.61. The van der Waals surface area contributed by atoms with Crippen LogP contribution >= 0.6 is 0 Å². The summed E-state index contributed by atoms with van der Waals surface area (Å²) < 4.78 is 14.8. The second kappa shape index (κ2) is 11.1. The Balaban J connectivity index is 2.44. The Labute approximate surface area is 153 Å². The van der Waals surface area contributed by atoms with Crippen LogP contribution in [-0.2, 0) is 8.85 Å². The first-order valence-electron chi connectivity index (χ1n) is 10.1. The van der Waals surface area contributed by atoms with Crippen molar-refractivity contribution in [1.82, 2.24) is 9.47 Å². The molecule has 0 aromatic rings. The summed E-state index contributed by atoms with van der Waals surface area (Å²) in [5.41, 5.74) is 0. The molecule has 0 aromatic carbocycles. The maximum absolute atomic E-state index is 5.99. The number of rotatable bonds is 12. The van der Waals surface area contributed by atoms with E-state index >= 15 is 0 Å². The zero-order valence-corrected chi connectivity index (χ0v) is 19.2. The number of hydrogen-bond donors (Lipinski definition) is 0. The molecular weight excluding hydrogens is 332 g/mol. The molecule has 144 valence electrons. The minimum atomic E-state index is -1.95. The van der Waals surface area contributed by atoms with E-state index in [1.807, 2.05) is 0 Å². The van der Waals surface area contributed by atoms with Gasteiger partial charge in [0.2, 0.25) is 0 Å². The van der Waals surface area contributed by atoms with Crippen LogP contribution in [0.4, 0.5) is 0 Å². The minimum absolute atomic E-state index is 0.773. The second-order valence-corrected chi connectivity index (χ2v) is 16.5. The third-order valence-corrected chi connectivity index (χ3v) is 10.4. The van der Waals surface area contributed by atoms with Crippen LogP contribution < -0.4 is 0 Å². The fraction of sp³-hybridized carbons (Fsp3) is 1.00. The zero-order valence-electron chi connectivity index (χ0n) is 17.2. The van der Waals surface area contributed by atoms with E-state index in [0.717, 1.165) is 19.3 Å². The first-order chi connectivity index (χ1) is 11.3. The van der Waals surface area contributed by atoms with Gasteiger partial charge in [-0.3, -0.25) is 0 Å². The molecule has 0 spiro atoms. The Morgan fingerprint density at radius 2 is 1.46 bits per heavy atom. The molecule has 1 aliphatic heterocycles. The van der Waals surface area contributed by atoms with E-state index in [9.17, 15) is 0 Å². The molecule has 6 heteroatoms. The molecule has 0 N–H and O–H groups in total. The Hall–Kier alpha value is 0.274. The highest BCUT2D eigenvalue weighted by atomic mass is 28.4. The Bertz CT molecular complexity index is 325. The minimum Gasteiger partial charge on any atom is -0.395 e. The molecule has 0 radical (unpaired) electrons. The van der Waals surface area contributed by atoms with Gasteiger partial charge in [0.1, 0.15) is 8.24 Å². The van der Waals surface area contributed by atoms with E-state index in [-0.39, 0.29) is 0 Å². The highest BCUT2D eigenvalue weighted by molar-refractivity contribution is 6.73. The van der Waals surface area contributed by atoms with Crippen LogP contribution in [0.15, 0.2) is 0 Å². The lowest BCUT2D eigenvalue weighted by molar-refractivity contribution is 0.186. The molecule has 0 bridgehead atoms. The summed E-state index contributed by atoms with van der Waals surface area (Å²) in [6.07, 6.45) is 5.40. The van der Waals surface area contributed by atoms with E-state index < -0.39 is 16.8 Å². The van der Waals surface area contributed by atoms with Gasteiger partial charge in [0, 0.05) is 26.3 Å². The molecule has 0 saturated carbocycles. The summed E-state index contributed by atoms with van der Waals surface area (Å²) >= 11 is 0. The average molecular weight is 375 g/mol. The van der Waals surface area contributed by atoms with E-state index in [4.69, 9.17) is 8.85 Å². The monoisotopic (exact) mass is 374 g/mol. The van der Waals surface area contributed by atoms with Crippen LogP contribution in [0.2, 0.25) is 32.2 Å². The molecule has 4 nitrogen and oxygen atoms in total. The lowest BCUT2D eigenvalue weighted by atomic mass is 10.1. The number of piperidine rings is 1. The van der Waals surface area contributed by atoms with Crippen molar-refractivity contribution in [1.29, 1.82) is 0 Å². The van der Waals surface area contributed by atoms with Gasteiger partial charge >= 0.3 is 8.56 Å². The number of nitrogens with zero attached hydrogens (tertiary/aromatic N) is 2. The predicted molar refractivity (Wildman–Crippen MR) is 110 cm³/mol. The highest BCUT2D eigenvalue weighted by Gasteiger charge is 2.31. The van der Waals surface area contributed by atoms with Gasteiger partial charge in [-0.05, 0) is 65.3 Å². The van der Waals surface area contributed by atoms with Crippen LogP contribution in [0.1, 0.15) is 39.5 Å². The smallest absolute Gasteiger partial charge is 0.334 e. The van der Waals surface area contributed by atoms with Gasteiger partial charge in [0.15, 0.2) is 0 Å². The molecule has 1 rings (SSSR count). The van der Waals surface area contributed by atoms with Gasteiger partial charge in [0.05, 0.1) is 0 Å². The molecule has 0 amide bonds. The van der Waals surface area contributed by atoms with Crippen LogP contribution in [0.3, 0.4) is 0 Å². The highest BCUT2D eigenvalue weighted by Crippen LogP contribution is 2.19. The number of hydrogen-bond acceptors (Lipinski definition) is 4. The Kier molecular flexibility index (Phi) is 10.3. The summed E-state index contributed by atoms with van der Waals surface area (Å²) in [5, 5.41) is 0. The maximum atomic E-state index is 5.99. The fourth-order valence-electron chi connectivity index (χ4n) is 3.62.